The molecule has 0 amide bonds. The number of carbonyl (C=O) groups is 1. The van der Waals surface area contributed by atoms with Crippen LogP contribution in [0.5, 0.6) is 0 Å². The lowest BCUT2D eigenvalue weighted by Gasteiger charge is -2.24. The molecule has 0 fully saturated rings. The topological polar surface area (TPSA) is 35.5 Å². The zero-order chi connectivity index (χ0) is 14.6. The van der Waals surface area contributed by atoms with Gasteiger partial charge in [-0.25, -0.2) is 4.79 Å². The molecule has 3 nitrogen and oxygen atoms in total. The molecule has 0 aliphatic carbocycles. The van der Waals surface area contributed by atoms with Crippen molar-refractivity contribution in [1.29, 1.82) is 0 Å². The predicted molar refractivity (Wildman–Crippen MR) is 64.7 cm³/mol. The first-order valence-electron chi connectivity index (χ1n) is 6.05. The molecule has 1 atom stereocenters. The summed E-state index contributed by atoms with van der Waals surface area (Å²) in [5.41, 5.74) is 0.938. The summed E-state index contributed by atoms with van der Waals surface area (Å²) in [7, 11) is 0. The van der Waals surface area contributed by atoms with E-state index in [-0.39, 0.29) is 25.2 Å². The van der Waals surface area contributed by atoms with Gasteiger partial charge >= 0.3 is 12.1 Å². The van der Waals surface area contributed by atoms with Crippen LogP contribution in [0.1, 0.15) is 12.0 Å². The van der Waals surface area contributed by atoms with Gasteiger partial charge in [0.25, 0.3) is 0 Å². The molecule has 108 valence electrons. The van der Waals surface area contributed by atoms with Gasteiger partial charge in [0.2, 0.25) is 0 Å². The summed E-state index contributed by atoms with van der Waals surface area (Å²) < 4.78 is 46.8. The molecule has 0 saturated heterocycles. The Bertz CT molecular complexity index is 494. The Hall–Kier alpha value is -1.82. The zero-order valence-electron chi connectivity index (χ0n) is 10.5. The van der Waals surface area contributed by atoms with Crippen LogP contribution in [0.25, 0.3) is 0 Å². The first kappa shape index (κ1) is 14.6. The zero-order valence-corrected chi connectivity index (χ0v) is 10.5. The SMILES string of the molecule is O=C(OCc1ccccc1)C1=CCC(C(F)(F)F)OC1. The highest BCUT2D eigenvalue weighted by Gasteiger charge is 2.41. The standard InChI is InChI=1S/C14H13F3O3/c15-14(16,17)12-7-6-11(9-19-12)13(18)20-8-10-4-2-1-3-5-10/h1-6,12H,7-9H2. The Morgan fingerprint density at radius 2 is 2.00 bits per heavy atom. The van der Waals surface area contributed by atoms with Crippen molar-refractivity contribution in [3.8, 4) is 0 Å². The van der Waals surface area contributed by atoms with E-state index < -0.39 is 18.2 Å². The summed E-state index contributed by atoms with van der Waals surface area (Å²) in [5.74, 6) is -0.644. The van der Waals surface area contributed by atoms with Gasteiger partial charge in [0.15, 0.2) is 6.10 Å². The second-order valence-corrected chi connectivity index (χ2v) is 4.37. The Morgan fingerprint density at radius 1 is 1.30 bits per heavy atom. The quantitative estimate of drug-likeness (QED) is 0.801. The highest BCUT2D eigenvalue weighted by Crippen LogP contribution is 2.29. The van der Waals surface area contributed by atoms with Crippen molar-refractivity contribution in [2.75, 3.05) is 6.61 Å². The summed E-state index contributed by atoms with van der Waals surface area (Å²) in [6.45, 7) is -0.294. The number of hydrogen-bond donors (Lipinski definition) is 0. The molecule has 1 heterocycles. The summed E-state index contributed by atoms with van der Waals surface area (Å²) in [6, 6.07) is 9.03. The molecule has 0 N–H and O–H groups in total. The van der Waals surface area contributed by atoms with Crippen molar-refractivity contribution < 1.29 is 27.4 Å². The highest BCUT2D eigenvalue weighted by atomic mass is 19.4. The van der Waals surface area contributed by atoms with E-state index in [0.29, 0.717) is 0 Å². The smallest absolute Gasteiger partial charge is 0.414 e. The Balaban J connectivity index is 1.87. The molecular formula is C14H13F3O3. The van der Waals surface area contributed by atoms with E-state index in [2.05, 4.69) is 4.74 Å². The van der Waals surface area contributed by atoms with Crippen molar-refractivity contribution in [2.24, 2.45) is 0 Å². The molecular weight excluding hydrogens is 273 g/mol. The molecule has 0 spiro atoms. The Morgan fingerprint density at radius 3 is 2.55 bits per heavy atom. The maximum absolute atomic E-state index is 12.4. The third-order valence-corrected chi connectivity index (χ3v) is 2.86. The van der Waals surface area contributed by atoms with Crippen LogP contribution >= 0.6 is 0 Å². The second-order valence-electron chi connectivity index (χ2n) is 4.37. The first-order chi connectivity index (χ1) is 9.47. The van der Waals surface area contributed by atoms with Crippen LogP contribution in [0.2, 0.25) is 0 Å². The van der Waals surface area contributed by atoms with Crippen LogP contribution in [-0.2, 0) is 20.9 Å². The van der Waals surface area contributed by atoms with Gasteiger partial charge in [-0.15, -0.1) is 0 Å². The average molecular weight is 286 g/mol. The minimum Gasteiger partial charge on any atom is -0.457 e. The Kier molecular flexibility index (Phi) is 4.44. The lowest BCUT2D eigenvalue weighted by molar-refractivity contribution is -0.219. The lowest BCUT2D eigenvalue weighted by atomic mass is 10.1. The molecule has 1 aliphatic heterocycles. The third-order valence-electron chi connectivity index (χ3n) is 2.86. The molecule has 1 aliphatic rings. The van der Waals surface area contributed by atoms with Crippen molar-refractivity contribution >= 4 is 5.97 Å². The minimum absolute atomic E-state index is 0.0830. The number of esters is 1. The number of halogens is 3. The van der Waals surface area contributed by atoms with Gasteiger partial charge in [-0.3, -0.25) is 0 Å². The summed E-state index contributed by atoms with van der Waals surface area (Å²) in [5, 5.41) is 0. The number of ether oxygens (including phenoxy) is 2. The minimum atomic E-state index is -4.41. The van der Waals surface area contributed by atoms with E-state index >= 15 is 0 Å². The van der Waals surface area contributed by atoms with E-state index in [1.807, 2.05) is 6.07 Å². The summed E-state index contributed by atoms with van der Waals surface area (Å²) >= 11 is 0. The van der Waals surface area contributed by atoms with E-state index in [4.69, 9.17) is 4.74 Å². The maximum Gasteiger partial charge on any atom is 0.414 e. The van der Waals surface area contributed by atoms with Crippen LogP contribution in [0.3, 0.4) is 0 Å². The van der Waals surface area contributed by atoms with Gasteiger partial charge in [-0.1, -0.05) is 36.4 Å². The third kappa shape index (κ3) is 3.84. The van der Waals surface area contributed by atoms with Crippen molar-refractivity contribution in [3.63, 3.8) is 0 Å². The number of carbonyl (C=O) groups excluding carboxylic acids is 1. The summed E-state index contributed by atoms with van der Waals surface area (Å²) in [4.78, 5) is 11.7. The van der Waals surface area contributed by atoms with Crippen LogP contribution < -0.4 is 0 Å². The van der Waals surface area contributed by atoms with Crippen LogP contribution in [0.15, 0.2) is 42.0 Å². The van der Waals surface area contributed by atoms with Crippen molar-refractivity contribution in [1.82, 2.24) is 0 Å². The van der Waals surface area contributed by atoms with Gasteiger partial charge in [-0.05, 0) is 5.56 Å². The fourth-order valence-electron chi connectivity index (χ4n) is 1.75. The second kappa shape index (κ2) is 6.09. The van der Waals surface area contributed by atoms with E-state index in [9.17, 15) is 18.0 Å². The molecule has 2 rings (SSSR count). The molecule has 6 heteroatoms. The van der Waals surface area contributed by atoms with Gasteiger partial charge in [-0.2, -0.15) is 13.2 Å². The van der Waals surface area contributed by atoms with Crippen LogP contribution in [-0.4, -0.2) is 24.9 Å². The first-order valence-corrected chi connectivity index (χ1v) is 6.05. The molecule has 1 aromatic carbocycles. The van der Waals surface area contributed by atoms with E-state index in [1.54, 1.807) is 24.3 Å². The average Bonchev–Trinajstić information content (AvgIpc) is 2.45. The molecule has 0 radical (unpaired) electrons. The fourth-order valence-corrected chi connectivity index (χ4v) is 1.75. The number of alkyl halides is 3. The van der Waals surface area contributed by atoms with Gasteiger partial charge in [0, 0.05) is 6.42 Å². The normalized spacial score (nSPS) is 19.4. The van der Waals surface area contributed by atoms with Crippen molar-refractivity contribution in [2.45, 2.75) is 25.3 Å². The monoisotopic (exact) mass is 286 g/mol. The molecule has 0 bridgehead atoms. The molecule has 1 unspecified atom stereocenters. The molecule has 0 saturated carbocycles. The fraction of sp³-hybridized carbons (Fsp3) is 0.357. The molecule has 0 aromatic heterocycles. The maximum atomic E-state index is 12.4. The number of rotatable bonds is 3. The van der Waals surface area contributed by atoms with Gasteiger partial charge < -0.3 is 9.47 Å². The number of benzene rings is 1. The summed E-state index contributed by atoms with van der Waals surface area (Å²) in [6.07, 6.45) is -5.38. The highest BCUT2D eigenvalue weighted by molar-refractivity contribution is 5.88. The van der Waals surface area contributed by atoms with Gasteiger partial charge in [0.1, 0.15) is 6.61 Å². The van der Waals surface area contributed by atoms with Crippen molar-refractivity contribution in [3.05, 3.63) is 47.5 Å². The van der Waals surface area contributed by atoms with E-state index in [0.717, 1.165) is 5.56 Å². The lowest BCUT2D eigenvalue weighted by Crippen LogP contribution is -2.35. The van der Waals surface area contributed by atoms with E-state index in [1.165, 1.54) is 6.08 Å². The Labute approximate surface area is 114 Å². The molecule has 1 aromatic rings. The van der Waals surface area contributed by atoms with Gasteiger partial charge in [0.05, 0.1) is 12.2 Å². The largest absolute Gasteiger partial charge is 0.457 e. The van der Waals surface area contributed by atoms with Crippen LogP contribution in [0, 0.1) is 0 Å². The molecule has 20 heavy (non-hydrogen) atoms. The predicted octanol–water partition coefficient (Wildman–Crippen LogP) is 3.01. The number of hydrogen-bond acceptors (Lipinski definition) is 3. The van der Waals surface area contributed by atoms with Crippen LogP contribution in [0.4, 0.5) is 13.2 Å².